The van der Waals surface area contributed by atoms with Crippen LogP contribution in [0.25, 0.3) is 0 Å². The molecule has 206 valence electrons. The minimum Gasteiger partial charge on any atom is -0.368 e. The third kappa shape index (κ3) is 7.93. The van der Waals surface area contributed by atoms with Crippen molar-refractivity contribution in [2.24, 2.45) is 11.8 Å². The zero-order chi connectivity index (χ0) is 27.1. The van der Waals surface area contributed by atoms with Gasteiger partial charge in [0.2, 0.25) is 17.7 Å². The van der Waals surface area contributed by atoms with Crippen LogP contribution in [0.4, 0.5) is 10.8 Å². The first-order chi connectivity index (χ1) is 18.3. The van der Waals surface area contributed by atoms with Crippen LogP contribution in [0.2, 0.25) is 5.02 Å². The van der Waals surface area contributed by atoms with Crippen LogP contribution in [0.1, 0.15) is 51.6 Å². The molecule has 1 N–H and O–H groups in total. The van der Waals surface area contributed by atoms with Gasteiger partial charge in [-0.05, 0) is 37.0 Å². The number of benzene rings is 1. The van der Waals surface area contributed by atoms with E-state index < -0.39 is 0 Å². The SMILES string of the molecule is CC(C)CN(CC(=O)Nc1nc(CC(=O)N2CCN(c3cccc(Cl)c3)CC2)cs1)C(=O)C1CCCCC1. The number of nitrogens with zero attached hydrogens (tertiary/aromatic N) is 4. The highest BCUT2D eigenvalue weighted by Gasteiger charge is 2.28. The smallest absolute Gasteiger partial charge is 0.245 e. The van der Waals surface area contributed by atoms with Gasteiger partial charge in [0, 0.05) is 54.7 Å². The zero-order valence-electron chi connectivity index (χ0n) is 22.3. The first-order valence-electron chi connectivity index (χ1n) is 13.6. The van der Waals surface area contributed by atoms with Crippen molar-refractivity contribution < 1.29 is 14.4 Å². The van der Waals surface area contributed by atoms with Crippen LogP contribution in [-0.2, 0) is 20.8 Å². The van der Waals surface area contributed by atoms with Gasteiger partial charge in [-0.15, -0.1) is 11.3 Å². The Morgan fingerprint density at radius 3 is 2.55 bits per heavy atom. The minimum absolute atomic E-state index is 0.0261. The number of halogens is 1. The fourth-order valence-corrected chi connectivity index (χ4v) is 6.12. The lowest BCUT2D eigenvalue weighted by atomic mass is 9.88. The predicted octanol–water partition coefficient (Wildman–Crippen LogP) is 4.69. The number of carbonyl (C=O) groups is 3. The molecule has 0 radical (unpaired) electrons. The molecule has 1 aliphatic heterocycles. The number of rotatable bonds is 9. The third-order valence-electron chi connectivity index (χ3n) is 7.12. The van der Waals surface area contributed by atoms with Gasteiger partial charge in [0.1, 0.15) is 0 Å². The number of anilines is 2. The standard InChI is InChI=1S/C28H38ClN5O3S/c1-20(2)17-34(27(37)21-7-4-3-5-8-21)18-25(35)31-28-30-23(19-38-28)16-26(36)33-13-11-32(12-14-33)24-10-6-9-22(29)15-24/h6,9-10,15,19-21H,3-5,7-8,11-14,16-18H2,1-2H3,(H,30,31,35). The molecule has 0 atom stereocenters. The van der Waals surface area contributed by atoms with Crippen LogP contribution in [0, 0.1) is 11.8 Å². The van der Waals surface area contributed by atoms with E-state index in [-0.39, 0.29) is 42.5 Å². The molecule has 2 aliphatic rings. The quantitative estimate of drug-likeness (QED) is 0.482. The van der Waals surface area contributed by atoms with Crippen molar-refractivity contribution >= 4 is 51.5 Å². The van der Waals surface area contributed by atoms with Crippen LogP contribution >= 0.6 is 22.9 Å². The second-order valence-corrected chi connectivity index (χ2v) is 12.0. The molecule has 1 aromatic carbocycles. The summed E-state index contributed by atoms with van der Waals surface area (Å²) in [5, 5.41) is 5.81. The number of carbonyl (C=O) groups excluding carboxylic acids is 3. The van der Waals surface area contributed by atoms with Crippen molar-refractivity contribution in [1.29, 1.82) is 0 Å². The molecule has 2 fully saturated rings. The molecule has 4 rings (SSSR count). The molecule has 38 heavy (non-hydrogen) atoms. The molecule has 0 bridgehead atoms. The van der Waals surface area contributed by atoms with Crippen molar-refractivity contribution in [3.05, 3.63) is 40.4 Å². The molecule has 2 aromatic rings. The first-order valence-corrected chi connectivity index (χ1v) is 14.9. The van der Waals surface area contributed by atoms with E-state index in [2.05, 4.69) is 29.0 Å². The van der Waals surface area contributed by atoms with Gasteiger partial charge in [-0.2, -0.15) is 0 Å². The van der Waals surface area contributed by atoms with Crippen molar-refractivity contribution in [1.82, 2.24) is 14.8 Å². The third-order valence-corrected chi connectivity index (χ3v) is 8.16. The Bertz CT molecular complexity index is 1110. The Morgan fingerprint density at radius 1 is 1.13 bits per heavy atom. The van der Waals surface area contributed by atoms with Gasteiger partial charge in [0.25, 0.3) is 0 Å². The molecule has 1 aliphatic carbocycles. The fraction of sp³-hybridized carbons (Fsp3) is 0.571. The Kier molecular flexibility index (Phi) is 10.0. The molecule has 1 aromatic heterocycles. The number of aromatic nitrogens is 1. The number of thiazole rings is 1. The van der Waals surface area contributed by atoms with E-state index in [1.165, 1.54) is 17.8 Å². The molecule has 0 spiro atoms. The van der Waals surface area contributed by atoms with Gasteiger partial charge in [0.15, 0.2) is 5.13 Å². The van der Waals surface area contributed by atoms with Crippen molar-refractivity contribution in [3.8, 4) is 0 Å². The molecule has 3 amide bonds. The normalized spacial score (nSPS) is 16.5. The number of hydrogen-bond acceptors (Lipinski definition) is 6. The van der Waals surface area contributed by atoms with E-state index in [0.29, 0.717) is 35.5 Å². The van der Waals surface area contributed by atoms with Crippen LogP contribution in [-0.4, -0.2) is 71.8 Å². The van der Waals surface area contributed by atoms with Crippen LogP contribution in [0.3, 0.4) is 0 Å². The van der Waals surface area contributed by atoms with Crippen molar-refractivity contribution in [2.75, 3.05) is 49.5 Å². The summed E-state index contributed by atoms with van der Waals surface area (Å²) in [6, 6.07) is 7.76. The second kappa shape index (κ2) is 13.4. The summed E-state index contributed by atoms with van der Waals surface area (Å²) in [4.78, 5) is 49.1. The van der Waals surface area contributed by atoms with Gasteiger partial charge in [-0.25, -0.2) is 4.98 Å². The monoisotopic (exact) mass is 559 g/mol. The summed E-state index contributed by atoms with van der Waals surface area (Å²) in [7, 11) is 0. The Morgan fingerprint density at radius 2 is 1.87 bits per heavy atom. The molecule has 1 saturated carbocycles. The zero-order valence-corrected chi connectivity index (χ0v) is 23.9. The Balaban J connectivity index is 1.26. The number of piperazine rings is 1. The maximum Gasteiger partial charge on any atom is 0.245 e. The maximum absolute atomic E-state index is 13.1. The van der Waals surface area contributed by atoms with E-state index in [1.807, 2.05) is 34.5 Å². The molecule has 8 nitrogen and oxygen atoms in total. The molecule has 2 heterocycles. The average molecular weight is 560 g/mol. The van der Waals surface area contributed by atoms with Crippen LogP contribution < -0.4 is 10.2 Å². The predicted molar refractivity (Wildman–Crippen MR) is 153 cm³/mol. The van der Waals surface area contributed by atoms with E-state index in [1.54, 1.807) is 4.90 Å². The molecular weight excluding hydrogens is 522 g/mol. The lowest BCUT2D eigenvalue weighted by Crippen LogP contribution is -2.49. The van der Waals surface area contributed by atoms with Crippen LogP contribution in [0.15, 0.2) is 29.6 Å². The Labute approximate surface area is 234 Å². The maximum atomic E-state index is 13.1. The number of amides is 3. The highest BCUT2D eigenvalue weighted by molar-refractivity contribution is 7.13. The van der Waals surface area contributed by atoms with Gasteiger partial charge in [-0.3, -0.25) is 14.4 Å². The highest BCUT2D eigenvalue weighted by Crippen LogP contribution is 2.26. The number of nitrogens with one attached hydrogen (secondary N) is 1. The summed E-state index contributed by atoms with van der Waals surface area (Å²) in [5.41, 5.74) is 1.71. The summed E-state index contributed by atoms with van der Waals surface area (Å²) in [6.07, 6.45) is 5.36. The summed E-state index contributed by atoms with van der Waals surface area (Å²) in [6.45, 7) is 7.47. The summed E-state index contributed by atoms with van der Waals surface area (Å²) >= 11 is 7.42. The lowest BCUT2D eigenvalue weighted by molar-refractivity contribution is -0.139. The highest BCUT2D eigenvalue weighted by atomic mass is 35.5. The minimum atomic E-state index is -0.251. The molecule has 0 unspecified atom stereocenters. The average Bonchev–Trinajstić information content (AvgIpc) is 3.34. The molecule has 1 saturated heterocycles. The molecule has 10 heteroatoms. The summed E-state index contributed by atoms with van der Waals surface area (Å²) in [5.74, 6) is 0.175. The van der Waals surface area contributed by atoms with Crippen molar-refractivity contribution in [2.45, 2.75) is 52.4 Å². The topological polar surface area (TPSA) is 85.8 Å². The Hall–Kier alpha value is -2.65. The van der Waals surface area contributed by atoms with E-state index in [0.717, 1.165) is 44.5 Å². The van der Waals surface area contributed by atoms with Crippen molar-refractivity contribution in [3.63, 3.8) is 0 Å². The number of hydrogen-bond donors (Lipinski definition) is 1. The van der Waals surface area contributed by atoms with Gasteiger partial charge in [0.05, 0.1) is 18.7 Å². The van der Waals surface area contributed by atoms with E-state index in [9.17, 15) is 14.4 Å². The van der Waals surface area contributed by atoms with Gasteiger partial charge < -0.3 is 20.0 Å². The van der Waals surface area contributed by atoms with E-state index in [4.69, 9.17) is 11.6 Å². The first kappa shape index (κ1) is 28.4. The van der Waals surface area contributed by atoms with Crippen LogP contribution in [0.5, 0.6) is 0 Å². The van der Waals surface area contributed by atoms with Gasteiger partial charge >= 0.3 is 0 Å². The fourth-order valence-electron chi connectivity index (χ4n) is 5.21. The summed E-state index contributed by atoms with van der Waals surface area (Å²) < 4.78 is 0. The largest absolute Gasteiger partial charge is 0.368 e. The lowest BCUT2D eigenvalue weighted by Gasteiger charge is -2.36. The second-order valence-electron chi connectivity index (χ2n) is 10.7. The van der Waals surface area contributed by atoms with Gasteiger partial charge in [-0.1, -0.05) is 50.8 Å². The molecular formula is C28H38ClN5O3S. The van der Waals surface area contributed by atoms with E-state index >= 15 is 0 Å².